The molecule has 0 atom stereocenters. The highest BCUT2D eigenvalue weighted by Crippen LogP contribution is 2.23. The van der Waals surface area contributed by atoms with Crippen LogP contribution in [-0.2, 0) is 17.8 Å². The largest absolute Gasteiger partial charge is 0.341 e. The van der Waals surface area contributed by atoms with Gasteiger partial charge in [0.25, 0.3) is 0 Å². The van der Waals surface area contributed by atoms with Gasteiger partial charge in [0, 0.05) is 56.6 Å². The van der Waals surface area contributed by atoms with Gasteiger partial charge in [-0.05, 0) is 12.8 Å². The van der Waals surface area contributed by atoms with Gasteiger partial charge in [-0.1, -0.05) is 0 Å². The second-order valence-electron chi connectivity index (χ2n) is 7.03. The highest BCUT2D eigenvalue weighted by Gasteiger charge is 2.24. The van der Waals surface area contributed by atoms with Gasteiger partial charge in [-0.15, -0.1) is 22.7 Å². The quantitative estimate of drug-likeness (QED) is 0.798. The monoisotopic (exact) mass is 420 g/mol. The Morgan fingerprint density at radius 2 is 2.04 bits per heavy atom. The first kappa shape index (κ1) is 19.3. The van der Waals surface area contributed by atoms with Gasteiger partial charge in [0.2, 0.25) is 5.91 Å². The predicted octanol–water partition coefficient (Wildman–Crippen LogP) is 1.80. The molecule has 0 aliphatic carbocycles. The number of anilines is 1. The molecule has 2 aromatic heterocycles. The molecule has 0 aromatic carbocycles. The van der Waals surface area contributed by atoms with Gasteiger partial charge in [0.15, 0.2) is 5.13 Å². The molecule has 8 nitrogen and oxygen atoms in total. The number of amides is 3. The Bertz CT molecular complexity index is 809. The van der Waals surface area contributed by atoms with E-state index in [4.69, 9.17) is 0 Å². The average molecular weight is 421 g/mol. The van der Waals surface area contributed by atoms with Crippen LogP contribution in [0.1, 0.15) is 24.2 Å². The molecule has 0 spiro atoms. The molecule has 2 aromatic rings. The number of carbonyl (C=O) groups is 2. The van der Waals surface area contributed by atoms with Crippen LogP contribution in [0, 0.1) is 0 Å². The Morgan fingerprint density at radius 3 is 2.86 bits per heavy atom. The van der Waals surface area contributed by atoms with E-state index in [1.807, 2.05) is 15.8 Å². The van der Waals surface area contributed by atoms with Crippen LogP contribution in [0.4, 0.5) is 9.93 Å². The van der Waals surface area contributed by atoms with Crippen LogP contribution >= 0.6 is 22.7 Å². The van der Waals surface area contributed by atoms with Gasteiger partial charge < -0.3 is 10.2 Å². The lowest BCUT2D eigenvalue weighted by atomic mass is 10.3. The third-order valence-corrected chi connectivity index (χ3v) is 6.54. The number of rotatable bonds is 5. The fourth-order valence-corrected chi connectivity index (χ4v) is 4.90. The molecule has 0 radical (unpaired) electrons. The molecule has 0 saturated carbocycles. The van der Waals surface area contributed by atoms with Crippen LogP contribution in [0.3, 0.4) is 0 Å². The van der Waals surface area contributed by atoms with Crippen LogP contribution < -0.4 is 10.2 Å². The van der Waals surface area contributed by atoms with Crippen molar-refractivity contribution in [2.45, 2.75) is 25.8 Å². The third kappa shape index (κ3) is 4.68. The molecule has 0 unspecified atom stereocenters. The summed E-state index contributed by atoms with van der Waals surface area (Å²) in [7, 11) is 0. The van der Waals surface area contributed by atoms with Crippen molar-refractivity contribution in [1.82, 2.24) is 25.1 Å². The Balaban J connectivity index is 1.30. The molecule has 150 valence electrons. The number of thiazole rings is 2. The first-order valence-corrected chi connectivity index (χ1v) is 11.4. The number of nitrogens with zero attached hydrogens (tertiary/aromatic N) is 5. The molecule has 1 N–H and O–H groups in total. The van der Waals surface area contributed by atoms with Crippen molar-refractivity contribution in [3.63, 3.8) is 0 Å². The Hall–Kier alpha value is -2.04. The molecule has 0 bridgehead atoms. The van der Waals surface area contributed by atoms with E-state index in [0.717, 1.165) is 57.0 Å². The number of urea groups is 1. The Kier molecular flexibility index (Phi) is 6.18. The third-order valence-electron chi connectivity index (χ3n) is 4.99. The fourth-order valence-electron chi connectivity index (χ4n) is 3.50. The fraction of sp³-hybridized carbons (Fsp3) is 0.556. The number of carbonyl (C=O) groups excluding carboxylic acids is 2. The summed E-state index contributed by atoms with van der Waals surface area (Å²) in [5.74, 6) is 0.107. The normalized spacial score (nSPS) is 18.8. The van der Waals surface area contributed by atoms with Crippen molar-refractivity contribution in [3.05, 3.63) is 27.7 Å². The summed E-state index contributed by atoms with van der Waals surface area (Å²) in [6.07, 6.45) is 2.16. The molecule has 4 rings (SSSR count). The summed E-state index contributed by atoms with van der Waals surface area (Å²) in [4.78, 5) is 39.6. The average Bonchev–Trinajstić information content (AvgIpc) is 3.31. The molecule has 2 fully saturated rings. The lowest BCUT2D eigenvalue weighted by Gasteiger charge is -2.24. The maximum atomic E-state index is 12.8. The maximum absolute atomic E-state index is 12.8. The van der Waals surface area contributed by atoms with Crippen molar-refractivity contribution in [2.75, 3.05) is 44.2 Å². The molecule has 2 saturated heterocycles. The van der Waals surface area contributed by atoms with Gasteiger partial charge in [0.05, 0.1) is 23.3 Å². The molecule has 10 heteroatoms. The van der Waals surface area contributed by atoms with E-state index in [-0.39, 0.29) is 18.4 Å². The zero-order chi connectivity index (χ0) is 19.3. The SMILES string of the molecule is O=C(Cc1csc(N2CCCNC2=O)n1)N1CCCN(Cc2cscn2)CC1. The second kappa shape index (κ2) is 8.97. The minimum Gasteiger partial charge on any atom is -0.341 e. The van der Waals surface area contributed by atoms with E-state index >= 15 is 0 Å². The van der Waals surface area contributed by atoms with E-state index in [1.54, 1.807) is 16.2 Å². The standard InChI is InChI=1S/C18H24N6O2S2/c25-16(9-14-12-28-18(21-14)24-6-1-3-19-17(24)26)23-5-2-4-22(7-8-23)10-15-11-27-13-20-15/h11-13H,1-10H2,(H,19,26). The Morgan fingerprint density at radius 1 is 1.11 bits per heavy atom. The highest BCUT2D eigenvalue weighted by atomic mass is 32.1. The first-order chi connectivity index (χ1) is 13.7. The van der Waals surface area contributed by atoms with Crippen molar-refractivity contribution in [2.24, 2.45) is 0 Å². The van der Waals surface area contributed by atoms with Gasteiger partial charge in [-0.2, -0.15) is 0 Å². The molecule has 2 aliphatic rings. The topological polar surface area (TPSA) is 81.7 Å². The van der Waals surface area contributed by atoms with Gasteiger partial charge >= 0.3 is 6.03 Å². The van der Waals surface area contributed by atoms with Crippen LogP contribution in [0.15, 0.2) is 16.3 Å². The van der Waals surface area contributed by atoms with E-state index in [1.165, 1.54) is 11.3 Å². The van der Waals surface area contributed by atoms with Crippen molar-refractivity contribution < 1.29 is 9.59 Å². The summed E-state index contributed by atoms with van der Waals surface area (Å²) in [6.45, 7) is 5.57. The predicted molar refractivity (Wildman–Crippen MR) is 110 cm³/mol. The van der Waals surface area contributed by atoms with Crippen LogP contribution in [-0.4, -0.2) is 71.0 Å². The number of aromatic nitrogens is 2. The first-order valence-electron chi connectivity index (χ1n) is 9.56. The number of nitrogens with one attached hydrogen (secondary N) is 1. The highest BCUT2D eigenvalue weighted by molar-refractivity contribution is 7.14. The van der Waals surface area contributed by atoms with Crippen molar-refractivity contribution in [1.29, 1.82) is 0 Å². The summed E-state index contributed by atoms with van der Waals surface area (Å²) >= 11 is 3.04. The van der Waals surface area contributed by atoms with Crippen LogP contribution in [0.2, 0.25) is 0 Å². The number of hydrogen-bond donors (Lipinski definition) is 1. The minimum atomic E-state index is -0.105. The second-order valence-corrected chi connectivity index (χ2v) is 8.58. The van der Waals surface area contributed by atoms with Crippen molar-refractivity contribution in [3.8, 4) is 0 Å². The van der Waals surface area contributed by atoms with E-state index in [9.17, 15) is 9.59 Å². The lowest BCUT2D eigenvalue weighted by molar-refractivity contribution is -0.130. The smallest absolute Gasteiger partial charge is 0.323 e. The van der Waals surface area contributed by atoms with E-state index < -0.39 is 0 Å². The zero-order valence-corrected chi connectivity index (χ0v) is 17.3. The molecule has 4 heterocycles. The van der Waals surface area contributed by atoms with Gasteiger partial charge in [-0.25, -0.2) is 14.8 Å². The molecular weight excluding hydrogens is 396 g/mol. The van der Waals surface area contributed by atoms with Crippen LogP contribution in [0.5, 0.6) is 0 Å². The summed E-state index contributed by atoms with van der Waals surface area (Å²) in [5, 5.41) is 7.47. The summed E-state index contributed by atoms with van der Waals surface area (Å²) in [5.41, 5.74) is 3.70. The van der Waals surface area contributed by atoms with Crippen LogP contribution in [0.25, 0.3) is 0 Å². The molecule has 2 aliphatic heterocycles. The Labute approximate surface area is 172 Å². The maximum Gasteiger partial charge on any atom is 0.323 e. The van der Waals surface area contributed by atoms with Crippen molar-refractivity contribution >= 4 is 39.7 Å². The van der Waals surface area contributed by atoms with Gasteiger partial charge in [0.1, 0.15) is 0 Å². The number of hydrogen-bond acceptors (Lipinski definition) is 7. The summed E-state index contributed by atoms with van der Waals surface area (Å²) < 4.78 is 0. The van der Waals surface area contributed by atoms with E-state index in [2.05, 4.69) is 25.6 Å². The zero-order valence-electron chi connectivity index (χ0n) is 15.7. The summed E-state index contributed by atoms with van der Waals surface area (Å²) in [6, 6.07) is -0.105. The molecule has 28 heavy (non-hydrogen) atoms. The minimum absolute atomic E-state index is 0.105. The van der Waals surface area contributed by atoms with Gasteiger partial charge in [-0.3, -0.25) is 14.6 Å². The molecule has 3 amide bonds. The molecular formula is C18H24N6O2S2. The van der Waals surface area contributed by atoms with E-state index in [0.29, 0.717) is 18.2 Å². The lowest BCUT2D eigenvalue weighted by Crippen LogP contribution is -2.46.